The third-order valence-corrected chi connectivity index (χ3v) is 4.63. The van der Waals surface area contributed by atoms with Crippen molar-refractivity contribution in [2.75, 3.05) is 0 Å². The molecule has 0 radical (unpaired) electrons. The van der Waals surface area contributed by atoms with Crippen LogP contribution in [0.1, 0.15) is 20.3 Å². The fraction of sp³-hybridized carbons (Fsp3) is 0.600. The third kappa shape index (κ3) is 2.85. The summed E-state index contributed by atoms with van der Waals surface area (Å²) in [5.74, 6) is -1.46. The molecule has 6 heteroatoms. The quantitative estimate of drug-likeness (QED) is 0.710. The summed E-state index contributed by atoms with van der Waals surface area (Å²) in [4.78, 5) is 0. The lowest BCUT2D eigenvalue weighted by Crippen LogP contribution is -2.46. The minimum absolute atomic E-state index is 0.309. The maximum Gasteiger partial charge on any atom is 0.213 e. The van der Waals surface area contributed by atoms with E-state index in [0.29, 0.717) is 17.0 Å². The highest BCUT2D eigenvalue weighted by Crippen LogP contribution is 2.42. The summed E-state index contributed by atoms with van der Waals surface area (Å²) in [6, 6.07) is 0. The summed E-state index contributed by atoms with van der Waals surface area (Å²) in [6.07, 6.45) is 0.216. The highest BCUT2D eigenvalue weighted by molar-refractivity contribution is 9.24. The second-order valence-corrected chi connectivity index (χ2v) is 7.43. The van der Waals surface area contributed by atoms with Crippen LogP contribution >= 0.6 is 55.1 Å². The number of hydrogen-bond donors (Lipinski definition) is 1. The molecule has 0 fully saturated rings. The molecule has 1 heterocycles. The van der Waals surface area contributed by atoms with E-state index in [-0.39, 0.29) is 6.10 Å². The van der Waals surface area contributed by atoms with Crippen molar-refractivity contribution in [1.82, 2.24) is 0 Å². The van der Waals surface area contributed by atoms with Crippen LogP contribution in [0.2, 0.25) is 0 Å². The Kier molecular flexibility index (Phi) is 5.36. The number of halogens is 4. The van der Waals surface area contributed by atoms with Crippen LogP contribution in [-0.2, 0) is 4.74 Å². The van der Waals surface area contributed by atoms with Gasteiger partial charge in [-0.15, -0.1) is 0 Å². The van der Waals surface area contributed by atoms with Crippen LogP contribution in [0.5, 0.6) is 0 Å². The molecule has 2 atom stereocenters. The number of rotatable bonds is 2. The minimum Gasteiger partial charge on any atom is -0.360 e. The average Bonchev–Trinajstić information content (AvgIpc) is 2.23. The highest BCUT2D eigenvalue weighted by atomic mass is 79.9. The van der Waals surface area contributed by atoms with Gasteiger partial charge in [-0.25, -0.2) is 0 Å². The van der Waals surface area contributed by atoms with Crippen molar-refractivity contribution >= 4 is 55.1 Å². The summed E-state index contributed by atoms with van der Waals surface area (Å²) in [7, 11) is 0. The number of aliphatic hydroxyl groups is 1. The maximum atomic E-state index is 10.4. The van der Waals surface area contributed by atoms with Gasteiger partial charge in [0, 0.05) is 22.6 Å². The van der Waals surface area contributed by atoms with Crippen molar-refractivity contribution in [1.29, 1.82) is 0 Å². The van der Waals surface area contributed by atoms with Crippen LogP contribution in [-0.4, -0.2) is 20.7 Å². The summed E-state index contributed by atoms with van der Waals surface area (Å²) >= 11 is 18.3. The molecule has 2 nitrogen and oxygen atoms in total. The average molecular weight is 395 g/mol. The van der Waals surface area contributed by atoms with Crippen molar-refractivity contribution < 1.29 is 9.84 Å². The van der Waals surface area contributed by atoms with Crippen LogP contribution in [0, 0.1) is 0 Å². The first-order chi connectivity index (χ1) is 7.32. The second-order valence-electron chi connectivity index (χ2n) is 3.69. The smallest absolute Gasteiger partial charge is 0.213 e. The molecule has 1 N–H and O–H groups in total. The van der Waals surface area contributed by atoms with Gasteiger partial charge in [-0.3, -0.25) is 0 Å². The number of alkyl halides is 2. The van der Waals surface area contributed by atoms with E-state index in [0.717, 1.165) is 5.57 Å². The van der Waals surface area contributed by atoms with Gasteiger partial charge in [0.25, 0.3) is 0 Å². The zero-order valence-electron chi connectivity index (χ0n) is 8.81. The van der Waals surface area contributed by atoms with Crippen molar-refractivity contribution in [3.05, 3.63) is 21.7 Å². The standard InChI is InChI=1S/C10H12Br2Cl2O2/c1-5(4-13)8-3-7(14)6(2)10(15,16-8)9(11)12/h4,8-9,15H,3H2,1-2H3/t8-,10+/m0/s1. The second kappa shape index (κ2) is 5.72. The first-order valence-electron chi connectivity index (χ1n) is 4.63. The molecule has 0 spiro atoms. The molecule has 0 unspecified atom stereocenters. The van der Waals surface area contributed by atoms with Crippen LogP contribution < -0.4 is 0 Å². The predicted octanol–water partition coefficient (Wildman–Crippen LogP) is 4.24. The van der Waals surface area contributed by atoms with Gasteiger partial charge in [-0.1, -0.05) is 55.1 Å². The fourth-order valence-electron chi connectivity index (χ4n) is 1.40. The fourth-order valence-corrected chi connectivity index (χ4v) is 2.72. The Morgan fingerprint density at radius 3 is 2.69 bits per heavy atom. The van der Waals surface area contributed by atoms with Crippen molar-refractivity contribution in [3.8, 4) is 0 Å². The third-order valence-electron chi connectivity index (χ3n) is 2.61. The molecule has 0 aliphatic carbocycles. The molecular formula is C10H12Br2Cl2O2. The lowest BCUT2D eigenvalue weighted by molar-refractivity contribution is -0.189. The zero-order valence-corrected chi connectivity index (χ0v) is 13.5. The van der Waals surface area contributed by atoms with Gasteiger partial charge >= 0.3 is 0 Å². The maximum absolute atomic E-state index is 10.4. The van der Waals surface area contributed by atoms with Crippen molar-refractivity contribution in [2.45, 2.75) is 35.9 Å². The molecule has 0 aromatic heterocycles. The largest absolute Gasteiger partial charge is 0.360 e. The van der Waals surface area contributed by atoms with E-state index in [4.69, 9.17) is 27.9 Å². The molecule has 0 amide bonds. The number of hydrogen-bond acceptors (Lipinski definition) is 2. The van der Waals surface area contributed by atoms with Crippen LogP contribution in [0.3, 0.4) is 0 Å². The predicted molar refractivity (Wildman–Crippen MR) is 74.2 cm³/mol. The van der Waals surface area contributed by atoms with E-state index in [2.05, 4.69) is 31.9 Å². The van der Waals surface area contributed by atoms with Gasteiger partial charge in [-0.05, 0) is 19.4 Å². The summed E-state index contributed by atoms with van der Waals surface area (Å²) in [6.45, 7) is 3.58. The molecule has 0 bridgehead atoms. The first-order valence-corrected chi connectivity index (χ1v) is 7.28. The van der Waals surface area contributed by atoms with Crippen molar-refractivity contribution in [2.24, 2.45) is 0 Å². The summed E-state index contributed by atoms with van der Waals surface area (Å²) in [5.41, 5.74) is 2.87. The van der Waals surface area contributed by atoms with Crippen LogP contribution in [0.15, 0.2) is 21.7 Å². The van der Waals surface area contributed by atoms with Crippen LogP contribution in [0.4, 0.5) is 0 Å². The molecule has 0 aromatic rings. The minimum atomic E-state index is -1.46. The van der Waals surface area contributed by atoms with E-state index >= 15 is 0 Å². The number of ether oxygens (including phenoxy) is 1. The Labute approximate surface area is 122 Å². The lowest BCUT2D eigenvalue weighted by Gasteiger charge is -2.39. The van der Waals surface area contributed by atoms with E-state index in [1.54, 1.807) is 6.92 Å². The van der Waals surface area contributed by atoms with E-state index < -0.39 is 9.52 Å². The Balaban J connectivity index is 3.09. The van der Waals surface area contributed by atoms with Gasteiger partial charge < -0.3 is 9.84 Å². The Bertz CT molecular complexity index is 342. The Morgan fingerprint density at radius 1 is 1.69 bits per heavy atom. The molecule has 1 rings (SSSR count). The molecule has 1 aliphatic rings. The normalized spacial score (nSPS) is 32.5. The van der Waals surface area contributed by atoms with E-state index in [1.807, 2.05) is 6.92 Å². The molecular weight excluding hydrogens is 383 g/mol. The van der Waals surface area contributed by atoms with E-state index in [1.165, 1.54) is 5.54 Å². The molecule has 92 valence electrons. The summed E-state index contributed by atoms with van der Waals surface area (Å²) in [5, 5.41) is 11.0. The van der Waals surface area contributed by atoms with Crippen LogP contribution in [0.25, 0.3) is 0 Å². The van der Waals surface area contributed by atoms with Crippen molar-refractivity contribution in [3.63, 3.8) is 0 Å². The monoisotopic (exact) mass is 392 g/mol. The Hall–Kier alpha value is 0.940. The zero-order chi connectivity index (χ0) is 12.5. The molecule has 16 heavy (non-hydrogen) atoms. The molecule has 0 saturated heterocycles. The molecule has 0 saturated carbocycles. The lowest BCUT2D eigenvalue weighted by atomic mass is 9.99. The molecule has 1 aliphatic heterocycles. The molecule has 0 aromatic carbocycles. The topological polar surface area (TPSA) is 29.5 Å². The van der Waals surface area contributed by atoms with E-state index in [9.17, 15) is 5.11 Å². The van der Waals surface area contributed by atoms with Gasteiger partial charge in [0.1, 0.15) is 3.74 Å². The SMILES string of the molecule is CC(=CCl)[C@@H]1CC(Cl)=C(C)[C@](O)(C(Br)Br)O1. The van der Waals surface area contributed by atoms with Gasteiger partial charge in [0.15, 0.2) is 0 Å². The van der Waals surface area contributed by atoms with Gasteiger partial charge in [0.2, 0.25) is 5.79 Å². The Morgan fingerprint density at radius 2 is 2.25 bits per heavy atom. The van der Waals surface area contributed by atoms with Gasteiger partial charge in [-0.2, -0.15) is 0 Å². The summed E-state index contributed by atoms with van der Waals surface area (Å²) < 4.78 is 5.20. The van der Waals surface area contributed by atoms with Gasteiger partial charge in [0.05, 0.1) is 6.10 Å². The first kappa shape index (κ1) is 15.0. The highest BCUT2D eigenvalue weighted by Gasteiger charge is 2.44.